The quantitative estimate of drug-likeness (QED) is 0.516. The summed E-state index contributed by atoms with van der Waals surface area (Å²) in [5, 5.41) is 8.07. The van der Waals surface area contributed by atoms with E-state index in [0.717, 1.165) is 30.4 Å². The SMILES string of the molecule is CN1N=CC(c2nn(C)c(=O)n(Cc3cccc(F)c3C(F)(F)F)c2=O)C(=O)C1=O. The van der Waals surface area contributed by atoms with Crippen LogP contribution in [0.15, 0.2) is 32.9 Å². The predicted molar refractivity (Wildman–Crippen MR) is 93.3 cm³/mol. The second-order valence-electron chi connectivity index (χ2n) is 6.39. The zero-order valence-electron chi connectivity index (χ0n) is 15.5. The Morgan fingerprint density at radius 1 is 1.10 bits per heavy atom. The van der Waals surface area contributed by atoms with Crippen LogP contribution < -0.4 is 11.2 Å². The number of likely N-dealkylation sites (N-methyl/N-ethyl adjacent to an activating group) is 1. The molecule has 0 aliphatic carbocycles. The van der Waals surface area contributed by atoms with Crippen LogP contribution in [-0.2, 0) is 29.4 Å². The smallest absolute Gasteiger partial charge is 0.287 e. The molecule has 13 heteroatoms. The van der Waals surface area contributed by atoms with Gasteiger partial charge in [-0.3, -0.25) is 19.0 Å². The minimum atomic E-state index is -5.08. The van der Waals surface area contributed by atoms with E-state index in [-0.39, 0.29) is 0 Å². The molecule has 1 unspecified atom stereocenters. The highest BCUT2D eigenvalue weighted by atomic mass is 19.4. The molecule has 2 heterocycles. The Morgan fingerprint density at radius 3 is 2.40 bits per heavy atom. The van der Waals surface area contributed by atoms with Gasteiger partial charge in [-0.05, 0) is 11.6 Å². The Balaban J connectivity index is 2.18. The summed E-state index contributed by atoms with van der Waals surface area (Å²) in [4.78, 5) is 49.2. The predicted octanol–water partition coefficient (Wildman–Crippen LogP) is 0.259. The van der Waals surface area contributed by atoms with E-state index in [2.05, 4.69) is 10.2 Å². The van der Waals surface area contributed by atoms with Crippen molar-refractivity contribution in [2.45, 2.75) is 18.6 Å². The van der Waals surface area contributed by atoms with Gasteiger partial charge in [0.25, 0.3) is 5.56 Å². The van der Waals surface area contributed by atoms with Crippen LogP contribution in [0.25, 0.3) is 0 Å². The average Bonchev–Trinajstić information content (AvgIpc) is 2.66. The molecule has 0 bridgehead atoms. The van der Waals surface area contributed by atoms with Gasteiger partial charge in [-0.25, -0.2) is 18.9 Å². The van der Waals surface area contributed by atoms with Gasteiger partial charge in [-0.15, -0.1) is 0 Å². The number of rotatable bonds is 3. The molecule has 158 valence electrons. The Kier molecular flexibility index (Phi) is 5.14. The zero-order chi connectivity index (χ0) is 22.4. The number of aryl methyl sites for hydroxylation is 1. The highest BCUT2D eigenvalue weighted by molar-refractivity contribution is 6.42. The van der Waals surface area contributed by atoms with Crippen molar-refractivity contribution in [1.29, 1.82) is 0 Å². The van der Waals surface area contributed by atoms with Crippen LogP contribution in [0.5, 0.6) is 0 Å². The molecule has 3 rings (SSSR count). The van der Waals surface area contributed by atoms with E-state index in [1.807, 2.05) is 0 Å². The van der Waals surface area contributed by atoms with Crippen molar-refractivity contribution in [3.8, 4) is 0 Å². The number of amides is 1. The average molecular weight is 427 g/mol. The first-order chi connectivity index (χ1) is 13.9. The standard InChI is InChI=1S/C17H13F4N5O4/c1-24-15(29)13(27)9(6-22-24)12-14(28)26(16(30)25(2)23-12)7-8-4-3-5-10(18)11(8)17(19,20)21/h3-6,9H,7H2,1-2H3. The lowest BCUT2D eigenvalue weighted by Crippen LogP contribution is -2.47. The summed E-state index contributed by atoms with van der Waals surface area (Å²) < 4.78 is 54.6. The number of hydrogen-bond donors (Lipinski definition) is 0. The number of benzene rings is 1. The van der Waals surface area contributed by atoms with Crippen LogP contribution in [0.3, 0.4) is 0 Å². The van der Waals surface area contributed by atoms with Crippen molar-refractivity contribution in [2.75, 3.05) is 7.05 Å². The molecule has 0 spiro atoms. The Morgan fingerprint density at radius 2 is 1.77 bits per heavy atom. The largest absolute Gasteiger partial charge is 0.419 e. The first kappa shape index (κ1) is 21.1. The second kappa shape index (κ2) is 7.31. The third kappa shape index (κ3) is 3.53. The third-order valence-electron chi connectivity index (χ3n) is 4.41. The number of nitrogens with zero attached hydrogens (tertiary/aromatic N) is 5. The fraction of sp³-hybridized carbons (Fsp3) is 0.294. The summed E-state index contributed by atoms with van der Waals surface area (Å²) in [6.45, 7) is -0.931. The summed E-state index contributed by atoms with van der Waals surface area (Å²) in [6.07, 6.45) is -4.11. The normalized spacial score (nSPS) is 17.0. The molecule has 2 aromatic rings. The van der Waals surface area contributed by atoms with E-state index in [4.69, 9.17) is 0 Å². The molecule has 1 atom stereocenters. The first-order valence-electron chi connectivity index (χ1n) is 8.32. The number of aromatic nitrogens is 3. The number of hydrazone groups is 1. The van der Waals surface area contributed by atoms with Gasteiger partial charge in [0.1, 0.15) is 17.4 Å². The molecule has 9 nitrogen and oxygen atoms in total. The van der Waals surface area contributed by atoms with Gasteiger partial charge in [0.2, 0.25) is 5.78 Å². The maximum absolute atomic E-state index is 13.8. The fourth-order valence-electron chi connectivity index (χ4n) is 2.94. The summed E-state index contributed by atoms with van der Waals surface area (Å²) in [5.41, 5.74) is -5.15. The fourth-order valence-corrected chi connectivity index (χ4v) is 2.94. The van der Waals surface area contributed by atoms with E-state index in [1.165, 1.54) is 7.05 Å². The van der Waals surface area contributed by atoms with Gasteiger partial charge in [0.05, 0.1) is 12.1 Å². The number of ketones is 1. The Bertz CT molecular complexity index is 1200. The maximum Gasteiger partial charge on any atom is 0.419 e. The maximum atomic E-state index is 13.8. The molecule has 0 saturated heterocycles. The van der Waals surface area contributed by atoms with Crippen LogP contribution in [0.1, 0.15) is 22.7 Å². The molecular formula is C17H13F4N5O4. The van der Waals surface area contributed by atoms with Crippen LogP contribution in [-0.4, -0.2) is 44.3 Å². The number of carbonyl (C=O) groups is 2. The lowest BCUT2D eigenvalue weighted by molar-refractivity contribution is -0.144. The lowest BCUT2D eigenvalue weighted by atomic mass is 10.00. The molecule has 30 heavy (non-hydrogen) atoms. The number of Topliss-reactive ketones (excluding diaryl/α,β-unsaturated/α-hetero) is 1. The van der Waals surface area contributed by atoms with Gasteiger partial charge >= 0.3 is 17.8 Å². The van der Waals surface area contributed by atoms with Crippen LogP contribution in [0.2, 0.25) is 0 Å². The molecule has 1 aromatic heterocycles. The zero-order valence-corrected chi connectivity index (χ0v) is 15.5. The third-order valence-corrected chi connectivity index (χ3v) is 4.41. The Hall–Kier alpha value is -3.64. The van der Waals surface area contributed by atoms with Crippen molar-refractivity contribution in [3.05, 3.63) is 61.7 Å². The van der Waals surface area contributed by atoms with Crippen LogP contribution in [0, 0.1) is 5.82 Å². The summed E-state index contributed by atoms with van der Waals surface area (Å²) in [5.74, 6) is -5.17. The number of carbonyl (C=O) groups excluding carboxylic acids is 2. The molecule has 1 aromatic carbocycles. The highest BCUT2D eigenvalue weighted by Gasteiger charge is 2.38. The van der Waals surface area contributed by atoms with Gasteiger partial charge < -0.3 is 0 Å². The molecule has 0 N–H and O–H groups in total. The van der Waals surface area contributed by atoms with E-state index in [1.54, 1.807) is 0 Å². The molecule has 0 saturated carbocycles. The number of halogens is 4. The summed E-state index contributed by atoms with van der Waals surface area (Å²) in [6, 6.07) is 2.53. The molecule has 0 radical (unpaired) electrons. The summed E-state index contributed by atoms with van der Waals surface area (Å²) >= 11 is 0. The molecule has 0 fully saturated rings. The summed E-state index contributed by atoms with van der Waals surface area (Å²) in [7, 11) is 2.32. The van der Waals surface area contributed by atoms with Crippen molar-refractivity contribution >= 4 is 17.9 Å². The van der Waals surface area contributed by atoms with Crippen molar-refractivity contribution in [3.63, 3.8) is 0 Å². The van der Waals surface area contributed by atoms with E-state index >= 15 is 0 Å². The second-order valence-corrected chi connectivity index (χ2v) is 6.39. The van der Waals surface area contributed by atoms with Crippen molar-refractivity contribution in [1.82, 2.24) is 19.4 Å². The van der Waals surface area contributed by atoms with Crippen molar-refractivity contribution < 1.29 is 27.2 Å². The lowest BCUT2D eigenvalue weighted by Gasteiger charge is -2.20. The monoisotopic (exact) mass is 427 g/mol. The Labute approximate surface area is 164 Å². The number of hydrogen-bond acceptors (Lipinski definition) is 6. The van der Waals surface area contributed by atoms with Gasteiger partial charge in [-0.1, -0.05) is 12.1 Å². The molecule has 1 amide bonds. The molecular weight excluding hydrogens is 414 g/mol. The number of alkyl halides is 3. The van der Waals surface area contributed by atoms with E-state index in [9.17, 15) is 36.7 Å². The van der Waals surface area contributed by atoms with Crippen LogP contribution >= 0.6 is 0 Å². The van der Waals surface area contributed by atoms with Gasteiger partial charge in [0.15, 0.2) is 0 Å². The highest BCUT2D eigenvalue weighted by Crippen LogP contribution is 2.34. The van der Waals surface area contributed by atoms with Crippen LogP contribution in [0.4, 0.5) is 17.6 Å². The van der Waals surface area contributed by atoms with E-state index in [0.29, 0.717) is 15.3 Å². The topological polar surface area (TPSA) is 107 Å². The minimum Gasteiger partial charge on any atom is -0.287 e. The van der Waals surface area contributed by atoms with E-state index < -0.39 is 64.2 Å². The minimum absolute atomic E-state index is 0.385. The van der Waals surface area contributed by atoms with Crippen molar-refractivity contribution in [2.24, 2.45) is 12.1 Å². The first-order valence-corrected chi connectivity index (χ1v) is 8.32. The van der Waals surface area contributed by atoms with Gasteiger partial charge in [0, 0.05) is 20.3 Å². The van der Waals surface area contributed by atoms with Gasteiger partial charge in [-0.2, -0.15) is 23.4 Å². The molecule has 1 aliphatic heterocycles. The molecule has 1 aliphatic rings.